The molecule has 0 amide bonds. The molecule has 1 aliphatic rings. The number of aryl methyl sites for hydroxylation is 2. The highest BCUT2D eigenvalue weighted by Crippen LogP contribution is 2.27. The van der Waals surface area contributed by atoms with E-state index >= 15 is 0 Å². The van der Waals surface area contributed by atoms with Gasteiger partial charge in [-0.2, -0.15) is 4.98 Å². The third-order valence-electron chi connectivity index (χ3n) is 6.09. The maximum Gasteiger partial charge on any atom is 0.332 e. The number of anilines is 1. The van der Waals surface area contributed by atoms with Crippen molar-refractivity contribution in [2.75, 3.05) is 5.32 Å². The first-order chi connectivity index (χ1) is 15.2. The Balaban J connectivity index is 1.68. The molecule has 1 aromatic carbocycles. The van der Waals surface area contributed by atoms with Gasteiger partial charge in [0.1, 0.15) is 0 Å². The van der Waals surface area contributed by atoms with Crippen LogP contribution in [0.15, 0.2) is 27.8 Å². The first-order valence-corrected chi connectivity index (χ1v) is 11.0. The zero-order chi connectivity index (χ0) is 23.2. The summed E-state index contributed by atoms with van der Waals surface area (Å²) in [5.41, 5.74) is 0.323. The van der Waals surface area contributed by atoms with Crippen molar-refractivity contribution in [3.05, 3.63) is 54.6 Å². The number of carbonyl (C=O) groups is 1. The van der Waals surface area contributed by atoms with Crippen molar-refractivity contribution in [3.63, 3.8) is 0 Å². The van der Waals surface area contributed by atoms with E-state index in [4.69, 9.17) is 23.2 Å². The summed E-state index contributed by atoms with van der Waals surface area (Å²) < 4.78 is 4.14. The first-order valence-electron chi connectivity index (χ1n) is 10.3. The lowest BCUT2D eigenvalue weighted by Gasteiger charge is -2.27. The fourth-order valence-corrected chi connectivity index (χ4v) is 4.52. The SMILES string of the molecule is Cn1c(NC2CCC(C(=O)O)CC2)nc2c1c(=O)n(Cc1ccc(Cl)c(Cl)c1)c(=O)n2C. The fraction of sp³-hybridized carbons (Fsp3) is 0.429. The number of imidazole rings is 1. The molecule has 11 heteroatoms. The molecule has 4 rings (SSSR count). The number of hydrogen-bond acceptors (Lipinski definition) is 5. The smallest absolute Gasteiger partial charge is 0.332 e. The number of carboxylic acids is 1. The third-order valence-corrected chi connectivity index (χ3v) is 6.83. The lowest BCUT2D eigenvalue weighted by Crippen LogP contribution is -2.39. The molecule has 0 unspecified atom stereocenters. The predicted octanol–water partition coefficient (Wildman–Crippen LogP) is 2.84. The summed E-state index contributed by atoms with van der Waals surface area (Å²) in [7, 11) is 3.29. The van der Waals surface area contributed by atoms with Crippen LogP contribution in [0.5, 0.6) is 0 Å². The summed E-state index contributed by atoms with van der Waals surface area (Å²) in [6.45, 7) is 0.0471. The molecule has 0 spiro atoms. The average Bonchev–Trinajstić information content (AvgIpc) is 3.09. The second kappa shape index (κ2) is 8.63. The largest absolute Gasteiger partial charge is 0.481 e. The van der Waals surface area contributed by atoms with Crippen molar-refractivity contribution in [2.24, 2.45) is 20.0 Å². The molecule has 0 atom stereocenters. The first kappa shape index (κ1) is 22.4. The Morgan fingerprint density at radius 1 is 1.12 bits per heavy atom. The van der Waals surface area contributed by atoms with Gasteiger partial charge in [-0.25, -0.2) is 4.79 Å². The summed E-state index contributed by atoms with van der Waals surface area (Å²) in [5.74, 6) is -0.607. The van der Waals surface area contributed by atoms with E-state index in [1.165, 1.54) is 4.57 Å². The van der Waals surface area contributed by atoms with Gasteiger partial charge in [0.15, 0.2) is 11.2 Å². The van der Waals surface area contributed by atoms with Crippen LogP contribution in [0.4, 0.5) is 5.95 Å². The van der Waals surface area contributed by atoms with Crippen LogP contribution in [0, 0.1) is 5.92 Å². The number of nitrogens with zero attached hydrogens (tertiary/aromatic N) is 4. The van der Waals surface area contributed by atoms with Gasteiger partial charge in [0.2, 0.25) is 5.95 Å². The van der Waals surface area contributed by atoms with E-state index in [-0.39, 0.29) is 24.2 Å². The topological polar surface area (TPSA) is 111 Å². The molecule has 2 heterocycles. The van der Waals surface area contributed by atoms with E-state index in [9.17, 15) is 19.5 Å². The summed E-state index contributed by atoms with van der Waals surface area (Å²) in [5, 5.41) is 13.2. The molecule has 1 saturated carbocycles. The molecule has 0 aliphatic heterocycles. The minimum atomic E-state index is -0.760. The Bertz CT molecular complexity index is 1320. The van der Waals surface area contributed by atoms with Crippen LogP contribution in [0.25, 0.3) is 11.2 Å². The van der Waals surface area contributed by atoms with Crippen molar-refractivity contribution in [3.8, 4) is 0 Å². The fourth-order valence-electron chi connectivity index (χ4n) is 4.20. The number of hydrogen-bond donors (Lipinski definition) is 2. The van der Waals surface area contributed by atoms with E-state index in [0.29, 0.717) is 52.8 Å². The van der Waals surface area contributed by atoms with E-state index in [2.05, 4.69) is 10.3 Å². The van der Waals surface area contributed by atoms with Crippen molar-refractivity contribution < 1.29 is 9.90 Å². The van der Waals surface area contributed by atoms with Gasteiger partial charge >= 0.3 is 11.7 Å². The average molecular weight is 480 g/mol. The highest BCUT2D eigenvalue weighted by molar-refractivity contribution is 6.42. The molecule has 3 aromatic rings. The molecule has 0 radical (unpaired) electrons. The molecule has 32 heavy (non-hydrogen) atoms. The predicted molar refractivity (Wildman–Crippen MR) is 123 cm³/mol. The summed E-state index contributed by atoms with van der Waals surface area (Å²) in [6, 6.07) is 5.02. The monoisotopic (exact) mass is 479 g/mol. The Morgan fingerprint density at radius 2 is 1.81 bits per heavy atom. The van der Waals surface area contributed by atoms with E-state index in [0.717, 1.165) is 4.57 Å². The van der Waals surface area contributed by atoms with Gasteiger partial charge in [0, 0.05) is 20.1 Å². The van der Waals surface area contributed by atoms with Gasteiger partial charge in [-0.3, -0.25) is 18.7 Å². The molecule has 0 bridgehead atoms. The quantitative estimate of drug-likeness (QED) is 0.581. The Morgan fingerprint density at radius 3 is 2.44 bits per heavy atom. The van der Waals surface area contributed by atoms with Gasteiger partial charge in [0.05, 0.1) is 22.5 Å². The number of aliphatic carboxylic acids is 1. The van der Waals surface area contributed by atoms with Crippen LogP contribution in [-0.4, -0.2) is 35.8 Å². The third kappa shape index (κ3) is 4.02. The number of aromatic nitrogens is 4. The summed E-state index contributed by atoms with van der Waals surface area (Å²) in [6.07, 6.45) is 2.57. The second-order valence-electron chi connectivity index (χ2n) is 8.18. The van der Waals surface area contributed by atoms with Crippen LogP contribution in [0.2, 0.25) is 10.0 Å². The molecular formula is C21H23Cl2N5O4. The van der Waals surface area contributed by atoms with Gasteiger partial charge in [-0.1, -0.05) is 29.3 Å². The highest BCUT2D eigenvalue weighted by atomic mass is 35.5. The van der Waals surface area contributed by atoms with Crippen LogP contribution in [0.3, 0.4) is 0 Å². The zero-order valence-corrected chi connectivity index (χ0v) is 19.2. The Labute approximate surface area is 193 Å². The lowest BCUT2D eigenvalue weighted by atomic mass is 9.86. The number of rotatable bonds is 5. The maximum atomic E-state index is 13.2. The lowest BCUT2D eigenvalue weighted by molar-refractivity contribution is -0.142. The summed E-state index contributed by atoms with van der Waals surface area (Å²) in [4.78, 5) is 41.8. The second-order valence-corrected chi connectivity index (χ2v) is 8.99. The normalized spacial score (nSPS) is 18.8. The molecule has 1 aliphatic carbocycles. The minimum absolute atomic E-state index is 0.0471. The molecule has 9 nitrogen and oxygen atoms in total. The molecule has 2 N–H and O–H groups in total. The number of nitrogens with one attached hydrogen (secondary N) is 1. The number of benzene rings is 1. The molecular weight excluding hydrogens is 457 g/mol. The molecule has 1 fully saturated rings. The van der Waals surface area contributed by atoms with Crippen LogP contribution in [-0.2, 0) is 25.4 Å². The highest BCUT2D eigenvalue weighted by Gasteiger charge is 2.27. The number of carboxylic acid groups (broad SMARTS) is 1. The Kier molecular flexibility index (Phi) is 6.05. The van der Waals surface area contributed by atoms with Crippen molar-refractivity contribution >= 4 is 46.3 Å². The van der Waals surface area contributed by atoms with Crippen molar-refractivity contribution in [1.82, 2.24) is 18.7 Å². The van der Waals surface area contributed by atoms with Crippen LogP contribution >= 0.6 is 23.2 Å². The van der Waals surface area contributed by atoms with E-state index in [1.54, 1.807) is 36.9 Å². The van der Waals surface area contributed by atoms with E-state index < -0.39 is 17.2 Å². The zero-order valence-electron chi connectivity index (χ0n) is 17.6. The molecule has 2 aromatic heterocycles. The van der Waals surface area contributed by atoms with E-state index in [1.807, 2.05) is 0 Å². The van der Waals surface area contributed by atoms with Gasteiger partial charge in [0.25, 0.3) is 5.56 Å². The maximum absolute atomic E-state index is 13.2. The number of fused-ring (bicyclic) bond motifs is 1. The molecule has 170 valence electrons. The van der Waals surface area contributed by atoms with Crippen LogP contribution in [0.1, 0.15) is 31.2 Å². The Hall–Kier alpha value is -2.78. The summed E-state index contributed by atoms with van der Waals surface area (Å²) >= 11 is 12.0. The number of halogens is 2. The van der Waals surface area contributed by atoms with Crippen LogP contribution < -0.4 is 16.6 Å². The van der Waals surface area contributed by atoms with Crippen molar-refractivity contribution in [2.45, 2.75) is 38.3 Å². The van der Waals surface area contributed by atoms with Crippen molar-refractivity contribution in [1.29, 1.82) is 0 Å². The van der Waals surface area contributed by atoms with Gasteiger partial charge in [-0.15, -0.1) is 0 Å². The molecule has 0 saturated heterocycles. The van der Waals surface area contributed by atoms with Gasteiger partial charge < -0.3 is 15.0 Å². The standard InChI is InChI=1S/C21H23Cl2N5O4/c1-26-16-17(25-20(26)24-13-6-4-12(5-7-13)19(30)31)27(2)21(32)28(18(16)29)10-11-3-8-14(22)15(23)9-11/h3,8-9,12-13H,4-7,10H2,1-2H3,(H,24,25)(H,30,31). The minimum Gasteiger partial charge on any atom is -0.481 e. The van der Waals surface area contributed by atoms with Gasteiger partial charge in [-0.05, 0) is 43.4 Å².